The average molecular weight is 290 g/mol. The minimum absolute atomic E-state index is 0.422. The molecule has 0 spiro atoms. The van der Waals surface area contributed by atoms with Gasteiger partial charge in [-0.05, 0) is 56.3 Å². The zero-order valence-electron chi connectivity index (χ0n) is 13.6. The van der Waals surface area contributed by atoms with Gasteiger partial charge in [-0.2, -0.15) is 0 Å². The summed E-state index contributed by atoms with van der Waals surface area (Å²) in [5.74, 6) is 0.996. The van der Waals surface area contributed by atoms with Crippen LogP contribution in [0.15, 0.2) is 24.3 Å². The van der Waals surface area contributed by atoms with Crippen LogP contribution >= 0.6 is 0 Å². The third-order valence-corrected chi connectivity index (χ3v) is 4.42. The van der Waals surface area contributed by atoms with Gasteiger partial charge in [0.25, 0.3) is 0 Å². The van der Waals surface area contributed by atoms with E-state index in [4.69, 9.17) is 10.5 Å². The van der Waals surface area contributed by atoms with Crippen molar-refractivity contribution < 1.29 is 4.74 Å². The molecule has 118 valence electrons. The van der Waals surface area contributed by atoms with E-state index < -0.39 is 0 Å². The molecule has 0 saturated heterocycles. The number of hydrogen-bond donors (Lipinski definition) is 1. The Kier molecular flexibility index (Phi) is 6.52. The summed E-state index contributed by atoms with van der Waals surface area (Å²) in [5.41, 5.74) is 7.37. The lowest BCUT2D eigenvalue weighted by atomic mass is 9.90. The zero-order chi connectivity index (χ0) is 15.1. The molecule has 2 N–H and O–H groups in total. The largest absolute Gasteiger partial charge is 0.494 e. The molecular weight excluding hydrogens is 260 g/mol. The Hall–Kier alpha value is -1.06. The van der Waals surface area contributed by atoms with Gasteiger partial charge < -0.3 is 10.5 Å². The van der Waals surface area contributed by atoms with E-state index in [0.717, 1.165) is 31.9 Å². The molecule has 3 nitrogen and oxygen atoms in total. The first-order chi connectivity index (χ1) is 10.2. The van der Waals surface area contributed by atoms with Gasteiger partial charge in [0.1, 0.15) is 5.75 Å². The van der Waals surface area contributed by atoms with Crippen LogP contribution in [0.5, 0.6) is 5.75 Å². The Morgan fingerprint density at radius 3 is 2.62 bits per heavy atom. The van der Waals surface area contributed by atoms with Crippen LogP contribution in [0.25, 0.3) is 0 Å². The molecule has 3 heteroatoms. The lowest BCUT2D eigenvalue weighted by molar-refractivity contribution is 0.149. The summed E-state index contributed by atoms with van der Waals surface area (Å²) in [6, 6.07) is 9.66. The van der Waals surface area contributed by atoms with E-state index in [2.05, 4.69) is 43.0 Å². The van der Waals surface area contributed by atoms with Crippen molar-refractivity contribution in [3.63, 3.8) is 0 Å². The van der Waals surface area contributed by atoms with E-state index in [1.54, 1.807) is 0 Å². The lowest BCUT2D eigenvalue weighted by Gasteiger charge is -2.35. The van der Waals surface area contributed by atoms with Crippen LogP contribution in [0.2, 0.25) is 0 Å². The number of nitrogens with zero attached hydrogens (tertiary/aromatic N) is 1. The molecule has 2 rings (SSSR count). The minimum Gasteiger partial charge on any atom is -0.494 e. The van der Waals surface area contributed by atoms with Crippen LogP contribution in [0, 0.1) is 0 Å². The van der Waals surface area contributed by atoms with Crippen molar-refractivity contribution in [1.82, 2.24) is 4.90 Å². The van der Waals surface area contributed by atoms with E-state index in [1.165, 1.54) is 31.2 Å². The summed E-state index contributed by atoms with van der Waals surface area (Å²) < 4.78 is 5.74. The summed E-state index contributed by atoms with van der Waals surface area (Å²) >= 11 is 0. The molecule has 1 saturated carbocycles. The van der Waals surface area contributed by atoms with Crippen molar-refractivity contribution in [3.8, 4) is 5.75 Å². The Morgan fingerprint density at radius 1 is 1.19 bits per heavy atom. The maximum Gasteiger partial charge on any atom is 0.119 e. The van der Waals surface area contributed by atoms with Gasteiger partial charge >= 0.3 is 0 Å². The summed E-state index contributed by atoms with van der Waals surface area (Å²) in [5, 5.41) is 0. The van der Waals surface area contributed by atoms with E-state index in [0.29, 0.717) is 12.1 Å². The van der Waals surface area contributed by atoms with Gasteiger partial charge in [-0.1, -0.05) is 26.0 Å². The summed E-state index contributed by atoms with van der Waals surface area (Å²) in [6.45, 7) is 7.30. The smallest absolute Gasteiger partial charge is 0.119 e. The number of hydrogen-bond acceptors (Lipinski definition) is 3. The summed E-state index contributed by atoms with van der Waals surface area (Å²) in [7, 11) is 0. The van der Waals surface area contributed by atoms with Crippen molar-refractivity contribution >= 4 is 0 Å². The van der Waals surface area contributed by atoms with Gasteiger partial charge in [0, 0.05) is 18.6 Å². The average Bonchev–Trinajstić information content (AvgIpc) is 2.52. The fourth-order valence-electron chi connectivity index (χ4n) is 3.15. The van der Waals surface area contributed by atoms with Crippen LogP contribution < -0.4 is 10.5 Å². The predicted octanol–water partition coefficient (Wildman–Crippen LogP) is 3.57. The molecular formula is C18H30N2O. The lowest BCUT2D eigenvalue weighted by Crippen LogP contribution is -2.40. The number of nitrogens with two attached hydrogens (primary N) is 1. The standard InChI is InChI=1S/C18H30N2O/c1-3-12-21-18-7-5-6-15(13-18)14-20(4-2)17-10-8-16(19)9-11-17/h5-7,13,16-17H,3-4,8-12,14,19H2,1-2H3. The van der Waals surface area contributed by atoms with Crippen LogP contribution in [0.4, 0.5) is 0 Å². The highest BCUT2D eigenvalue weighted by molar-refractivity contribution is 5.28. The van der Waals surface area contributed by atoms with Crippen LogP contribution in [-0.2, 0) is 6.54 Å². The third kappa shape index (κ3) is 5.01. The maximum absolute atomic E-state index is 6.02. The highest BCUT2D eigenvalue weighted by Crippen LogP contribution is 2.24. The van der Waals surface area contributed by atoms with Crippen molar-refractivity contribution in [2.45, 2.75) is 64.6 Å². The van der Waals surface area contributed by atoms with Crippen LogP contribution in [-0.4, -0.2) is 30.1 Å². The monoisotopic (exact) mass is 290 g/mol. The molecule has 1 fully saturated rings. The topological polar surface area (TPSA) is 38.5 Å². The van der Waals surface area contributed by atoms with Crippen molar-refractivity contribution in [2.75, 3.05) is 13.2 Å². The fraction of sp³-hybridized carbons (Fsp3) is 0.667. The Morgan fingerprint density at radius 2 is 1.95 bits per heavy atom. The molecule has 1 aliphatic rings. The van der Waals surface area contributed by atoms with Gasteiger partial charge in [0.05, 0.1) is 6.61 Å². The first-order valence-electron chi connectivity index (χ1n) is 8.44. The molecule has 0 bridgehead atoms. The molecule has 0 heterocycles. The summed E-state index contributed by atoms with van der Waals surface area (Å²) in [4.78, 5) is 2.59. The minimum atomic E-state index is 0.422. The molecule has 0 atom stereocenters. The molecule has 0 aromatic heterocycles. The highest BCUT2D eigenvalue weighted by atomic mass is 16.5. The number of rotatable bonds is 7. The van der Waals surface area contributed by atoms with Crippen LogP contribution in [0.3, 0.4) is 0 Å². The molecule has 0 unspecified atom stereocenters. The quantitative estimate of drug-likeness (QED) is 0.834. The second kappa shape index (κ2) is 8.40. The third-order valence-electron chi connectivity index (χ3n) is 4.42. The predicted molar refractivity (Wildman–Crippen MR) is 88.5 cm³/mol. The Bertz CT molecular complexity index is 413. The van der Waals surface area contributed by atoms with E-state index in [1.807, 2.05) is 0 Å². The summed E-state index contributed by atoms with van der Waals surface area (Å²) in [6.07, 6.45) is 5.86. The number of ether oxygens (including phenoxy) is 1. The first-order valence-corrected chi connectivity index (χ1v) is 8.44. The number of benzene rings is 1. The molecule has 0 aliphatic heterocycles. The molecule has 21 heavy (non-hydrogen) atoms. The zero-order valence-corrected chi connectivity index (χ0v) is 13.6. The molecule has 1 aliphatic carbocycles. The second-order valence-electron chi connectivity index (χ2n) is 6.13. The fourth-order valence-corrected chi connectivity index (χ4v) is 3.15. The van der Waals surface area contributed by atoms with E-state index >= 15 is 0 Å². The maximum atomic E-state index is 6.02. The normalized spacial score (nSPS) is 22.5. The Balaban J connectivity index is 1.94. The van der Waals surface area contributed by atoms with E-state index in [-0.39, 0.29) is 0 Å². The van der Waals surface area contributed by atoms with Gasteiger partial charge in [-0.3, -0.25) is 4.90 Å². The van der Waals surface area contributed by atoms with E-state index in [9.17, 15) is 0 Å². The molecule has 1 aromatic rings. The molecule has 0 amide bonds. The molecule has 1 aromatic carbocycles. The van der Waals surface area contributed by atoms with Gasteiger partial charge in [-0.15, -0.1) is 0 Å². The van der Waals surface area contributed by atoms with Crippen molar-refractivity contribution in [3.05, 3.63) is 29.8 Å². The van der Waals surface area contributed by atoms with Crippen molar-refractivity contribution in [2.24, 2.45) is 5.73 Å². The van der Waals surface area contributed by atoms with Gasteiger partial charge in [0.2, 0.25) is 0 Å². The van der Waals surface area contributed by atoms with Gasteiger partial charge in [-0.25, -0.2) is 0 Å². The second-order valence-corrected chi connectivity index (χ2v) is 6.13. The van der Waals surface area contributed by atoms with Gasteiger partial charge in [0.15, 0.2) is 0 Å². The first kappa shape index (κ1) is 16.3. The van der Waals surface area contributed by atoms with Crippen LogP contribution in [0.1, 0.15) is 51.5 Å². The molecule has 0 radical (unpaired) electrons. The van der Waals surface area contributed by atoms with Crippen molar-refractivity contribution in [1.29, 1.82) is 0 Å². The Labute approximate surface area is 129 Å². The highest BCUT2D eigenvalue weighted by Gasteiger charge is 2.23. The SMILES string of the molecule is CCCOc1cccc(CN(CC)C2CCC(N)CC2)c1.